The van der Waals surface area contributed by atoms with Crippen LogP contribution in [0.1, 0.15) is 15.9 Å². The minimum atomic E-state index is 0.618. The first-order chi connectivity index (χ1) is 7.85. The Morgan fingerprint density at radius 3 is 2.31 bits per heavy atom. The van der Waals surface area contributed by atoms with Crippen molar-refractivity contribution in [3.63, 3.8) is 0 Å². The average Bonchev–Trinajstić information content (AvgIpc) is 2.39. The van der Waals surface area contributed by atoms with Crippen molar-refractivity contribution in [1.82, 2.24) is 0 Å². The summed E-state index contributed by atoms with van der Waals surface area (Å²) in [5.74, 6) is 0. The van der Waals surface area contributed by atoms with Crippen molar-refractivity contribution >= 4 is 6.29 Å². The van der Waals surface area contributed by atoms with Crippen LogP contribution in [0, 0.1) is 11.3 Å². The van der Waals surface area contributed by atoms with Gasteiger partial charge in [0, 0.05) is 5.56 Å². The van der Waals surface area contributed by atoms with Gasteiger partial charge in [-0.15, -0.1) is 0 Å². The summed E-state index contributed by atoms with van der Waals surface area (Å²) >= 11 is 0. The molecule has 0 fully saturated rings. The Bertz CT molecular complexity index is 550. The van der Waals surface area contributed by atoms with Crippen LogP contribution < -0.4 is 0 Å². The number of benzene rings is 2. The highest BCUT2D eigenvalue weighted by Crippen LogP contribution is 2.22. The lowest BCUT2D eigenvalue weighted by atomic mass is 10.00. The molecule has 2 aromatic rings. The molecule has 0 aliphatic rings. The van der Waals surface area contributed by atoms with E-state index in [4.69, 9.17) is 5.26 Å². The molecule has 0 saturated carbocycles. The quantitative estimate of drug-likeness (QED) is 0.710. The van der Waals surface area contributed by atoms with Gasteiger partial charge in [0.1, 0.15) is 0 Å². The fourth-order valence-corrected chi connectivity index (χ4v) is 1.59. The minimum Gasteiger partial charge on any atom is -0.298 e. The molecule has 0 spiro atoms. The molecule has 0 saturated heterocycles. The highest BCUT2D eigenvalue weighted by Gasteiger charge is 2.02. The fraction of sp³-hybridized carbons (Fsp3) is 0. The van der Waals surface area contributed by atoms with Crippen LogP contribution in [0.4, 0.5) is 0 Å². The van der Waals surface area contributed by atoms with E-state index in [-0.39, 0.29) is 0 Å². The van der Waals surface area contributed by atoms with Crippen molar-refractivity contribution in [2.45, 2.75) is 0 Å². The van der Waals surface area contributed by atoms with Crippen molar-refractivity contribution in [1.29, 1.82) is 5.26 Å². The van der Waals surface area contributed by atoms with Crippen molar-refractivity contribution in [2.24, 2.45) is 0 Å². The standard InChI is InChI=1S/C14H9NO/c15-9-11-5-7-12(8-6-11)14-4-2-1-3-13(14)10-16/h1-8,10H. The summed E-state index contributed by atoms with van der Waals surface area (Å²) in [5.41, 5.74) is 3.11. The van der Waals surface area contributed by atoms with E-state index >= 15 is 0 Å². The van der Waals surface area contributed by atoms with Crippen molar-refractivity contribution in [3.8, 4) is 17.2 Å². The zero-order valence-electron chi connectivity index (χ0n) is 8.55. The van der Waals surface area contributed by atoms with E-state index in [2.05, 4.69) is 6.07 Å². The topological polar surface area (TPSA) is 40.9 Å². The van der Waals surface area contributed by atoms with Crippen LogP contribution in [0.15, 0.2) is 48.5 Å². The molecule has 2 aromatic carbocycles. The maximum atomic E-state index is 10.9. The molecular formula is C14H9NO. The van der Waals surface area contributed by atoms with Gasteiger partial charge in [0.15, 0.2) is 6.29 Å². The van der Waals surface area contributed by atoms with E-state index < -0.39 is 0 Å². The third-order valence-electron chi connectivity index (χ3n) is 2.41. The summed E-state index contributed by atoms with van der Waals surface area (Å²) < 4.78 is 0. The summed E-state index contributed by atoms with van der Waals surface area (Å²) in [4.78, 5) is 10.9. The number of aldehydes is 1. The van der Waals surface area contributed by atoms with E-state index in [1.165, 1.54) is 0 Å². The van der Waals surface area contributed by atoms with Gasteiger partial charge < -0.3 is 0 Å². The summed E-state index contributed by atoms with van der Waals surface area (Å²) in [6.45, 7) is 0. The highest BCUT2D eigenvalue weighted by molar-refractivity contribution is 5.87. The average molecular weight is 207 g/mol. The third kappa shape index (κ3) is 1.84. The molecule has 0 radical (unpaired) electrons. The van der Waals surface area contributed by atoms with Gasteiger partial charge in [0.25, 0.3) is 0 Å². The highest BCUT2D eigenvalue weighted by atomic mass is 16.1. The van der Waals surface area contributed by atoms with Crippen LogP contribution in [0.25, 0.3) is 11.1 Å². The van der Waals surface area contributed by atoms with Crippen LogP contribution in [0.5, 0.6) is 0 Å². The van der Waals surface area contributed by atoms with Crippen molar-refractivity contribution in [2.75, 3.05) is 0 Å². The van der Waals surface area contributed by atoms with E-state index in [0.29, 0.717) is 11.1 Å². The minimum absolute atomic E-state index is 0.618. The third-order valence-corrected chi connectivity index (χ3v) is 2.41. The predicted octanol–water partition coefficient (Wildman–Crippen LogP) is 3.04. The van der Waals surface area contributed by atoms with Gasteiger partial charge in [-0.05, 0) is 23.3 Å². The molecule has 2 heteroatoms. The van der Waals surface area contributed by atoms with Gasteiger partial charge in [0.05, 0.1) is 11.6 Å². The first-order valence-corrected chi connectivity index (χ1v) is 4.90. The molecule has 0 heterocycles. The molecule has 0 bridgehead atoms. The zero-order chi connectivity index (χ0) is 11.4. The maximum absolute atomic E-state index is 10.9. The van der Waals surface area contributed by atoms with Crippen LogP contribution in [0.3, 0.4) is 0 Å². The number of hydrogen-bond donors (Lipinski definition) is 0. The number of hydrogen-bond acceptors (Lipinski definition) is 2. The Kier molecular flexibility index (Phi) is 2.79. The molecule has 0 unspecified atom stereocenters. The summed E-state index contributed by atoms with van der Waals surface area (Å²) in [6, 6.07) is 16.6. The van der Waals surface area contributed by atoms with E-state index in [9.17, 15) is 4.79 Å². The first-order valence-electron chi connectivity index (χ1n) is 4.90. The molecular weight excluding hydrogens is 198 g/mol. The monoisotopic (exact) mass is 207 g/mol. The Labute approximate surface area is 93.8 Å². The zero-order valence-corrected chi connectivity index (χ0v) is 8.55. The van der Waals surface area contributed by atoms with E-state index in [1.807, 2.05) is 30.3 Å². The number of nitriles is 1. The van der Waals surface area contributed by atoms with Crippen LogP contribution >= 0.6 is 0 Å². The molecule has 0 amide bonds. The van der Waals surface area contributed by atoms with E-state index in [1.54, 1.807) is 18.2 Å². The predicted molar refractivity (Wildman–Crippen MR) is 62.0 cm³/mol. The van der Waals surface area contributed by atoms with Gasteiger partial charge in [-0.3, -0.25) is 4.79 Å². The lowest BCUT2D eigenvalue weighted by Gasteiger charge is -2.04. The molecule has 76 valence electrons. The van der Waals surface area contributed by atoms with Crippen molar-refractivity contribution < 1.29 is 4.79 Å². The van der Waals surface area contributed by atoms with Crippen LogP contribution in [-0.4, -0.2) is 6.29 Å². The molecule has 0 aliphatic carbocycles. The second-order valence-corrected chi connectivity index (χ2v) is 3.39. The fourth-order valence-electron chi connectivity index (χ4n) is 1.59. The summed E-state index contributed by atoms with van der Waals surface area (Å²) in [7, 11) is 0. The molecule has 0 N–H and O–H groups in total. The lowest BCUT2D eigenvalue weighted by Crippen LogP contribution is -1.86. The molecule has 2 rings (SSSR count). The molecule has 0 atom stereocenters. The maximum Gasteiger partial charge on any atom is 0.150 e. The SMILES string of the molecule is N#Cc1ccc(-c2ccccc2C=O)cc1. The first kappa shape index (κ1) is 10.1. The van der Waals surface area contributed by atoms with E-state index in [0.717, 1.165) is 17.4 Å². The summed E-state index contributed by atoms with van der Waals surface area (Å²) in [6.07, 6.45) is 0.841. The van der Waals surface area contributed by atoms with Gasteiger partial charge in [0.2, 0.25) is 0 Å². The molecule has 2 nitrogen and oxygen atoms in total. The second kappa shape index (κ2) is 4.41. The number of rotatable bonds is 2. The Morgan fingerprint density at radius 1 is 1.00 bits per heavy atom. The molecule has 16 heavy (non-hydrogen) atoms. The smallest absolute Gasteiger partial charge is 0.150 e. The van der Waals surface area contributed by atoms with Crippen LogP contribution in [0.2, 0.25) is 0 Å². The number of carbonyl (C=O) groups is 1. The van der Waals surface area contributed by atoms with Gasteiger partial charge in [-0.2, -0.15) is 5.26 Å². The largest absolute Gasteiger partial charge is 0.298 e. The number of nitrogens with zero attached hydrogens (tertiary/aromatic N) is 1. The Balaban J connectivity index is 2.51. The second-order valence-electron chi connectivity index (χ2n) is 3.39. The van der Waals surface area contributed by atoms with Crippen molar-refractivity contribution in [3.05, 3.63) is 59.7 Å². The molecule has 0 aromatic heterocycles. The van der Waals surface area contributed by atoms with Gasteiger partial charge in [-0.1, -0.05) is 36.4 Å². The van der Waals surface area contributed by atoms with Crippen LogP contribution in [-0.2, 0) is 0 Å². The Hall–Kier alpha value is -2.40. The van der Waals surface area contributed by atoms with Gasteiger partial charge in [-0.25, -0.2) is 0 Å². The molecule has 0 aliphatic heterocycles. The van der Waals surface area contributed by atoms with Gasteiger partial charge >= 0.3 is 0 Å². The summed E-state index contributed by atoms with van der Waals surface area (Å²) in [5, 5.41) is 8.69. The normalized spacial score (nSPS) is 9.44. The number of carbonyl (C=O) groups excluding carboxylic acids is 1. The lowest BCUT2D eigenvalue weighted by molar-refractivity contribution is 0.112. The Morgan fingerprint density at radius 2 is 1.69 bits per heavy atom.